The molecular weight excluding hydrogens is 258 g/mol. The van der Waals surface area contributed by atoms with Crippen LogP contribution >= 0.6 is 0 Å². The molecule has 0 saturated carbocycles. The van der Waals surface area contributed by atoms with E-state index in [-0.39, 0.29) is 24.2 Å². The highest BCUT2D eigenvalue weighted by atomic mass is 16.5. The zero-order chi connectivity index (χ0) is 15.3. The fourth-order valence-electron chi connectivity index (χ4n) is 2.74. The topological polar surface area (TPSA) is 76.8 Å². The van der Waals surface area contributed by atoms with Gasteiger partial charge in [-0.1, -0.05) is 0 Å². The van der Waals surface area contributed by atoms with Crippen LogP contribution in [0.4, 0.5) is 0 Å². The maximum atomic E-state index is 11.7. The molecule has 3 unspecified atom stereocenters. The Morgan fingerprint density at radius 1 is 1.35 bits per heavy atom. The molecule has 6 nitrogen and oxygen atoms in total. The third kappa shape index (κ3) is 4.41. The van der Waals surface area contributed by atoms with Crippen LogP contribution in [0.25, 0.3) is 0 Å². The number of rotatable bonds is 8. The molecule has 1 amide bonds. The van der Waals surface area contributed by atoms with Crippen LogP contribution in [0.3, 0.4) is 0 Å². The van der Waals surface area contributed by atoms with E-state index < -0.39 is 5.54 Å². The van der Waals surface area contributed by atoms with Gasteiger partial charge in [0.15, 0.2) is 0 Å². The molecule has 6 heteroatoms. The molecule has 1 heterocycles. The van der Waals surface area contributed by atoms with Crippen LogP contribution in [0.15, 0.2) is 0 Å². The highest BCUT2D eigenvalue weighted by Gasteiger charge is 2.36. The number of carbonyl (C=O) groups is 1. The number of nitrogens with one attached hydrogen (secondary N) is 1. The lowest BCUT2D eigenvalue weighted by atomic mass is 9.95. The van der Waals surface area contributed by atoms with E-state index in [2.05, 4.69) is 10.2 Å². The summed E-state index contributed by atoms with van der Waals surface area (Å²) in [6.45, 7) is 8.33. The molecule has 0 spiro atoms. The van der Waals surface area contributed by atoms with Crippen molar-refractivity contribution in [2.45, 2.75) is 51.0 Å². The van der Waals surface area contributed by atoms with Gasteiger partial charge in [-0.3, -0.25) is 9.69 Å². The zero-order valence-electron chi connectivity index (χ0n) is 13.3. The summed E-state index contributed by atoms with van der Waals surface area (Å²) in [5.74, 6) is -0.308. The molecule has 20 heavy (non-hydrogen) atoms. The van der Waals surface area contributed by atoms with E-state index in [1.165, 1.54) is 0 Å². The SMILES string of the molecule is COC1CN(CCC(C)(NC(C)C)C(N)=O)CC1OC. The Morgan fingerprint density at radius 3 is 2.20 bits per heavy atom. The first-order valence-electron chi connectivity index (χ1n) is 7.18. The largest absolute Gasteiger partial charge is 0.377 e. The van der Waals surface area contributed by atoms with Gasteiger partial charge < -0.3 is 20.5 Å². The normalized spacial score (nSPS) is 26.9. The second-order valence-corrected chi connectivity index (χ2v) is 6.05. The second-order valence-electron chi connectivity index (χ2n) is 6.05. The van der Waals surface area contributed by atoms with Crippen molar-refractivity contribution in [3.63, 3.8) is 0 Å². The monoisotopic (exact) mass is 287 g/mol. The Bertz CT molecular complexity index is 313. The molecule has 3 atom stereocenters. The minimum atomic E-state index is -0.679. The molecule has 3 N–H and O–H groups in total. The number of hydrogen-bond donors (Lipinski definition) is 2. The van der Waals surface area contributed by atoms with Gasteiger partial charge in [0.2, 0.25) is 5.91 Å². The van der Waals surface area contributed by atoms with Crippen molar-refractivity contribution >= 4 is 5.91 Å². The first-order valence-corrected chi connectivity index (χ1v) is 7.18. The van der Waals surface area contributed by atoms with Crippen LogP contribution in [-0.2, 0) is 14.3 Å². The molecule has 1 saturated heterocycles. The Balaban J connectivity index is 2.54. The summed E-state index contributed by atoms with van der Waals surface area (Å²) in [6, 6.07) is 0.213. The van der Waals surface area contributed by atoms with Crippen molar-refractivity contribution in [2.75, 3.05) is 33.9 Å². The molecule has 0 aliphatic carbocycles. The van der Waals surface area contributed by atoms with Gasteiger partial charge in [-0.25, -0.2) is 0 Å². The zero-order valence-corrected chi connectivity index (χ0v) is 13.3. The Hall–Kier alpha value is -0.690. The van der Waals surface area contributed by atoms with E-state index in [0.717, 1.165) is 19.6 Å². The number of ether oxygens (including phenoxy) is 2. The molecule has 0 aromatic rings. The quantitative estimate of drug-likeness (QED) is 0.655. The lowest BCUT2D eigenvalue weighted by Crippen LogP contribution is -2.56. The summed E-state index contributed by atoms with van der Waals surface area (Å²) in [7, 11) is 3.40. The van der Waals surface area contributed by atoms with Gasteiger partial charge in [0.05, 0.1) is 17.7 Å². The summed E-state index contributed by atoms with van der Waals surface area (Å²) in [5.41, 5.74) is 4.86. The molecule has 0 aromatic carbocycles. The van der Waals surface area contributed by atoms with Crippen molar-refractivity contribution in [3.8, 4) is 0 Å². The standard InChI is InChI=1S/C14H29N3O3/c1-10(2)16-14(3,13(15)18)6-7-17-8-11(19-4)12(9-17)20-5/h10-12,16H,6-9H2,1-5H3,(H2,15,18). The summed E-state index contributed by atoms with van der Waals surface area (Å²) in [6.07, 6.45) is 0.865. The van der Waals surface area contributed by atoms with Gasteiger partial charge in [-0.15, -0.1) is 0 Å². The number of nitrogens with zero attached hydrogens (tertiary/aromatic N) is 1. The molecule has 1 rings (SSSR count). The number of carbonyl (C=O) groups excluding carboxylic acids is 1. The molecule has 1 fully saturated rings. The van der Waals surface area contributed by atoms with Crippen molar-refractivity contribution in [2.24, 2.45) is 5.73 Å². The maximum Gasteiger partial charge on any atom is 0.237 e. The molecule has 0 radical (unpaired) electrons. The Kier molecular flexibility index (Phi) is 6.39. The van der Waals surface area contributed by atoms with Gasteiger partial charge in [0.25, 0.3) is 0 Å². The van der Waals surface area contributed by atoms with Crippen molar-refractivity contribution in [3.05, 3.63) is 0 Å². The second kappa shape index (κ2) is 7.36. The van der Waals surface area contributed by atoms with Gasteiger partial charge in [0, 0.05) is 39.9 Å². The van der Waals surface area contributed by atoms with E-state index >= 15 is 0 Å². The molecule has 0 bridgehead atoms. The smallest absolute Gasteiger partial charge is 0.237 e. The fourth-order valence-corrected chi connectivity index (χ4v) is 2.74. The van der Waals surface area contributed by atoms with Gasteiger partial charge >= 0.3 is 0 Å². The third-order valence-electron chi connectivity index (χ3n) is 3.98. The number of amides is 1. The molecule has 118 valence electrons. The third-order valence-corrected chi connectivity index (χ3v) is 3.98. The molecule has 0 aromatic heterocycles. The Labute approximate surface area is 122 Å². The number of primary amides is 1. The maximum absolute atomic E-state index is 11.7. The minimum Gasteiger partial charge on any atom is -0.377 e. The van der Waals surface area contributed by atoms with E-state index in [1.807, 2.05) is 20.8 Å². The highest BCUT2D eigenvalue weighted by Crippen LogP contribution is 2.18. The number of methoxy groups -OCH3 is 2. The van der Waals surface area contributed by atoms with Crippen LogP contribution < -0.4 is 11.1 Å². The summed E-state index contributed by atoms with van der Waals surface area (Å²) in [5, 5.41) is 3.27. The number of likely N-dealkylation sites (tertiary alicyclic amines) is 1. The highest BCUT2D eigenvalue weighted by molar-refractivity contribution is 5.84. The van der Waals surface area contributed by atoms with E-state index in [1.54, 1.807) is 14.2 Å². The van der Waals surface area contributed by atoms with Gasteiger partial charge in [-0.2, -0.15) is 0 Å². The summed E-state index contributed by atoms with van der Waals surface area (Å²) < 4.78 is 10.8. The predicted octanol–water partition coefficient (Wildman–Crippen LogP) is -0.0359. The Morgan fingerprint density at radius 2 is 1.85 bits per heavy atom. The van der Waals surface area contributed by atoms with Gasteiger partial charge in [0.1, 0.15) is 0 Å². The van der Waals surface area contributed by atoms with Crippen LogP contribution in [0.1, 0.15) is 27.2 Å². The lowest BCUT2D eigenvalue weighted by molar-refractivity contribution is -0.124. The van der Waals surface area contributed by atoms with Crippen molar-refractivity contribution in [1.82, 2.24) is 10.2 Å². The van der Waals surface area contributed by atoms with Crippen molar-refractivity contribution < 1.29 is 14.3 Å². The van der Waals surface area contributed by atoms with Gasteiger partial charge in [-0.05, 0) is 27.2 Å². The van der Waals surface area contributed by atoms with E-state index in [0.29, 0.717) is 6.42 Å². The number of hydrogen-bond acceptors (Lipinski definition) is 5. The minimum absolute atomic E-state index is 0.0953. The molecule has 1 aliphatic heterocycles. The first kappa shape index (κ1) is 17.4. The summed E-state index contributed by atoms with van der Waals surface area (Å²) in [4.78, 5) is 13.9. The van der Waals surface area contributed by atoms with Crippen LogP contribution in [0, 0.1) is 0 Å². The average molecular weight is 287 g/mol. The lowest BCUT2D eigenvalue weighted by Gasteiger charge is -2.31. The van der Waals surface area contributed by atoms with Crippen LogP contribution in [0.2, 0.25) is 0 Å². The summed E-state index contributed by atoms with van der Waals surface area (Å²) >= 11 is 0. The first-order chi connectivity index (χ1) is 9.32. The van der Waals surface area contributed by atoms with Crippen molar-refractivity contribution in [1.29, 1.82) is 0 Å². The van der Waals surface area contributed by atoms with Crippen LogP contribution in [-0.4, -0.2) is 68.4 Å². The van der Waals surface area contributed by atoms with E-state index in [4.69, 9.17) is 15.2 Å². The molecule has 1 aliphatic rings. The van der Waals surface area contributed by atoms with Crippen LogP contribution in [0.5, 0.6) is 0 Å². The van der Waals surface area contributed by atoms with E-state index in [9.17, 15) is 4.79 Å². The average Bonchev–Trinajstić information content (AvgIpc) is 2.77. The molecular formula is C14H29N3O3. The fraction of sp³-hybridized carbons (Fsp3) is 0.929. The number of nitrogens with two attached hydrogens (primary N) is 1. The predicted molar refractivity (Wildman–Crippen MR) is 78.5 cm³/mol.